The zero-order chi connectivity index (χ0) is 13.8. The molecule has 2 aliphatic rings. The molecule has 1 aromatic carbocycles. The molecule has 0 spiro atoms. The molecular formula is C17H27NO3. The molecule has 0 aromatic heterocycles. The lowest BCUT2D eigenvalue weighted by atomic mass is 9.97. The predicted octanol–water partition coefficient (Wildman–Crippen LogP) is 1.85. The van der Waals surface area contributed by atoms with Gasteiger partial charge in [-0.15, -0.1) is 0 Å². The first kappa shape index (κ1) is 16.3. The minimum absolute atomic E-state index is 0. The quantitative estimate of drug-likeness (QED) is 0.870. The maximum Gasteiger partial charge on any atom is 0.119 e. The molecule has 21 heavy (non-hydrogen) atoms. The van der Waals surface area contributed by atoms with Crippen LogP contribution in [0.4, 0.5) is 0 Å². The zero-order valence-corrected chi connectivity index (χ0v) is 12.6. The Morgan fingerprint density at radius 3 is 2.24 bits per heavy atom. The summed E-state index contributed by atoms with van der Waals surface area (Å²) >= 11 is 0. The van der Waals surface area contributed by atoms with Crippen molar-refractivity contribution in [1.82, 2.24) is 4.90 Å². The van der Waals surface area contributed by atoms with Gasteiger partial charge in [-0.25, -0.2) is 0 Å². The lowest BCUT2D eigenvalue weighted by molar-refractivity contribution is 0.138. The lowest BCUT2D eigenvalue weighted by Gasteiger charge is -2.31. The van der Waals surface area contributed by atoms with Gasteiger partial charge in [-0.2, -0.15) is 0 Å². The lowest BCUT2D eigenvalue weighted by Crippen LogP contribution is -2.36. The highest BCUT2D eigenvalue weighted by atomic mass is 16.5. The number of aliphatic hydroxyl groups is 1. The smallest absolute Gasteiger partial charge is 0.119 e. The fourth-order valence-corrected chi connectivity index (χ4v) is 2.91. The van der Waals surface area contributed by atoms with E-state index < -0.39 is 0 Å². The second-order valence-electron chi connectivity index (χ2n) is 6.30. The van der Waals surface area contributed by atoms with Gasteiger partial charge in [0.15, 0.2) is 0 Å². The van der Waals surface area contributed by atoms with Crippen LogP contribution in [0.15, 0.2) is 24.3 Å². The number of aliphatic hydroxyl groups excluding tert-OH is 1. The summed E-state index contributed by atoms with van der Waals surface area (Å²) in [5.41, 5.74) is 0.936. The Labute approximate surface area is 127 Å². The van der Waals surface area contributed by atoms with E-state index in [9.17, 15) is 0 Å². The highest BCUT2D eigenvalue weighted by molar-refractivity contribution is 5.26. The maximum atomic E-state index is 9.01. The van der Waals surface area contributed by atoms with Gasteiger partial charge in [-0.3, -0.25) is 0 Å². The standard InChI is InChI=1S/C17H25NO2.H2O/c19-12-15-3-5-17(6-4-15)20-13-16-7-9-18(10-8-16)11-14-1-2-14;/h3-6,14,16,19H,1-2,7-13H2;1H2. The van der Waals surface area contributed by atoms with Crippen LogP contribution in [0.5, 0.6) is 5.75 Å². The van der Waals surface area contributed by atoms with Crippen molar-refractivity contribution in [3.8, 4) is 5.75 Å². The molecule has 4 nitrogen and oxygen atoms in total. The van der Waals surface area contributed by atoms with Crippen molar-refractivity contribution in [2.24, 2.45) is 11.8 Å². The van der Waals surface area contributed by atoms with Crippen LogP contribution >= 0.6 is 0 Å². The highest BCUT2D eigenvalue weighted by Crippen LogP contribution is 2.31. The summed E-state index contributed by atoms with van der Waals surface area (Å²) in [6.07, 6.45) is 5.43. The minimum Gasteiger partial charge on any atom is -0.493 e. The van der Waals surface area contributed by atoms with Crippen LogP contribution in [-0.2, 0) is 6.61 Å². The van der Waals surface area contributed by atoms with Gasteiger partial charge in [0, 0.05) is 6.54 Å². The fourth-order valence-electron chi connectivity index (χ4n) is 2.91. The number of benzene rings is 1. The molecule has 3 rings (SSSR count). The molecule has 0 atom stereocenters. The van der Waals surface area contributed by atoms with Crippen LogP contribution in [0.25, 0.3) is 0 Å². The molecule has 1 aliphatic heterocycles. The number of rotatable bonds is 6. The average molecular weight is 293 g/mol. The maximum absolute atomic E-state index is 9.01. The summed E-state index contributed by atoms with van der Waals surface area (Å²) in [5.74, 6) is 2.62. The van der Waals surface area contributed by atoms with E-state index in [0.717, 1.165) is 23.8 Å². The van der Waals surface area contributed by atoms with Crippen LogP contribution < -0.4 is 4.74 Å². The number of piperidine rings is 1. The van der Waals surface area contributed by atoms with Crippen LogP contribution in [0.2, 0.25) is 0 Å². The van der Waals surface area contributed by atoms with E-state index in [1.54, 1.807) is 0 Å². The van der Waals surface area contributed by atoms with E-state index in [0.29, 0.717) is 5.92 Å². The second-order valence-corrected chi connectivity index (χ2v) is 6.30. The Hall–Kier alpha value is -1.10. The molecular weight excluding hydrogens is 266 g/mol. The first-order chi connectivity index (χ1) is 9.83. The SMILES string of the molecule is O.OCc1ccc(OCC2CCN(CC3CC3)CC2)cc1. The number of hydrogen-bond donors (Lipinski definition) is 1. The minimum atomic E-state index is 0. The first-order valence-electron chi connectivity index (χ1n) is 7.88. The largest absolute Gasteiger partial charge is 0.493 e. The average Bonchev–Trinajstić information content (AvgIpc) is 3.31. The van der Waals surface area contributed by atoms with Gasteiger partial charge in [0.2, 0.25) is 0 Å². The molecule has 1 aliphatic carbocycles. The van der Waals surface area contributed by atoms with Crippen molar-refractivity contribution in [3.63, 3.8) is 0 Å². The summed E-state index contributed by atoms with van der Waals surface area (Å²) in [6.45, 7) is 4.74. The Balaban J connectivity index is 0.00000161. The molecule has 2 fully saturated rings. The Bertz CT molecular complexity index is 409. The molecule has 1 aromatic rings. The highest BCUT2D eigenvalue weighted by Gasteiger charge is 2.27. The Morgan fingerprint density at radius 1 is 1.00 bits per heavy atom. The van der Waals surface area contributed by atoms with E-state index >= 15 is 0 Å². The van der Waals surface area contributed by atoms with Crippen LogP contribution in [0, 0.1) is 11.8 Å². The first-order valence-corrected chi connectivity index (χ1v) is 7.88. The van der Waals surface area contributed by atoms with Crippen molar-refractivity contribution in [2.75, 3.05) is 26.2 Å². The normalized spacial score (nSPS) is 20.0. The third-order valence-electron chi connectivity index (χ3n) is 4.51. The van der Waals surface area contributed by atoms with Crippen LogP contribution in [0.3, 0.4) is 0 Å². The molecule has 0 bridgehead atoms. The van der Waals surface area contributed by atoms with E-state index in [1.807, 2.05) is 24.3 Å². The van der Waals surface area contributed by atoms with Crippen molar-refractivity contribution in [2.45, 2.75) is 32.3 Å². The zero-order valence-electron chi connectivity index (χ0n) is 12.6. The molecule has 1 heterocycles. The number of likely N-dealkylation sites (tertiary alicyclic amines) is 1. The predicted molar refractivity (Wildman–Crippen MR) is 83.4 cm³/mol. The van der Waals surface area contributed by atoms with Crippen LogP contribution in [-0.4, -0.2) is 41.7 Å². The van der Waals surface area contributed by atoms with E-state index in [4.69, 9.17) is 9.84 Å². The molecule has 118 valence electrons. The van der Waals surface area contributed by atoms with Gasteiger partial charge in [0.1, 0.15) is 5.75 Å². The van der Waals surface area contributed by atoms with E-state index in [-0.39, 0.29) is 12.1 Å². The molecule has 0 unspecified atom stereocenters. The summed E-state index contributed by atoms with van der Waals surface area (Å²) < 4.78 is 5.87. The van der Waals surface area contributed by atoms with Gasteiger partial charge in [0.25, 0.3) is 0 Å². The van der Waals surface area contributed by atoms with Crippen molar-refractivity contribution >= 4 is 0 Å². The molecule has 1 saturated heterocycles. The molecule has 4 heteroatoms. The molecule has 0 radical (unpaired) electrons. The van der Waals surface area contributed by atoms with E-state index in [2.05, 4.69) is 4.90 Å². The van der Waals surface area contributed by atoms with Crippen molar-refractivity contribution < 1.29 is 15.3 Å². The summed E-state index contributed by atoms with van der Waals surface area (Å²) in [4.78, 5) is 2.63. The fraction of sp³-hybridized carbons (Fsp3) is 0.647. The summed E-state index contributed by atoms with van der Waals surface area (Å²) in [6, 6.07) is 7.75. The van der Waals surface area contributed by atoms with E-state index in [1.165, 1.54) is 45.3 Å². The van der Waals surface area contributed by atoms with Gasteiger partial charge in [-0.05, 0) is 68.3 Å². The molecule has 1 saturated carbocycles. The van der Waals surface area contributed by atoms with Gasteiger partial charge < -0.3 is 20.2 Å². The molecule has 0 amide bonds. The molecule has 3 N–H and O–H groups in total. The third-order valence-corrected chi connectivity index (χ3v) is 4.51. The van der Waals surface area contributed by atoms with Gasteiger partial charge in [-0.1, -0.05) is 12.1 Å². The topological polar surface area (TPSA) is 64.2 Å². The van der Waals surface area contributed by atoms with Gasteiger partial charge >= 0.3 is 0 Å². The summed E-state index contributed by atoms with van der Waals surface area (Å²) in [5, 5.41) is 9.01. The number of hydrogen-bond acceptors (Lipinski definition) is 3. The Kier molecular flexibility index (Phi) is 6.03. The number of ether oxygens (including phenoxy) is 1. The summed E-state index contributed by atoms with van der Waals surface area (Å²) in [7, 11) is 0. The monoisotopic (exact) mass is 293 g/mol. The Morgan fingerprint density at radius 2 is 1.67 bits per heavy atom. The van der Waals surface area contributed by atoms with Crippen LogP contribution in [0.1, 0.15) is 31.2 Å². The second kappa shape index (κ2) is 7.78. The van der Waals surface area contributed by atoms with Crippen molar-refractivity contribution in [3.05, 3.63) is 29.8 Å². The third kappa shape index (κ3) is 4.99. The number of nitrogens with zero attached hydrogens (tertiary/aromatic N) is 1. The van der Waals surface area contributed by atoms with Gasteiger partial charge in [0.05, 0.1) is 13.2 Å². The van der Waals surface area contributed by atoms with Crippen molar-refractivity contribution in [1.29, 1.82) is 0 Å².